The lowest BCUT2D eigenvalue weighted by molar-refractivity contribution is 0.0526. The van der Waals surface area contributed by atoms with E-state index in [1.165, 1.54) is 11.5 Å². The van der Waals surface area contributed by atoms with E-state index in [2.05, 4.69) is 14.9 Å². The number of carbonyl (C=O) groups excluding carboxylic acids is 2. The normalized spacial score (nSPS) is 10.5. The Balaban J connectivity index is 1.79. The second kappa shape index (κ2) is 6.53. The van der Waals surface area contributed by atoms with E-state index < -0.39 is 5.97 Å². The number of esters is 1. The molecule has 0 fully saturated rings. The van der Waals surface area contributed by atoms with E-state index in [4.69, 9.17) is 4.74 Å². The summed E-state index contributed by atoms with van der Waals surface area (Å²) in [5.41, 5.74) is 2.19. The number of fused-ring (bicyclic) bond motifs is 1. The molecular weight excluding hydrogens is 314 g/mol. The van der Waals surface area contributed by atoms with E-state index in [0.717, 1.165) is 10.2 Å². The molecule has 0 aliphatic rings. The first-order valence-corrected chi connectivity index (χ1v) is 7.75. The fourth-order valence-corrected chi connectivity index (χ4v) is 2.66. The fourth-order valence-electron chi connectivity index (χ4n) is 2.06. The van der Waals surface area contributed by atoms with Gasteiger partial charge in [-0.15, -0.1) is 5.10 Å². The number of nitrogens with zero attached hydrogens (tertiary/aromatic N) is 2. The third kappa shape index (κ3) is 3.35. The Hall–Kier alpha value is -2.80. The monoisotopic (exact) mass is 327 g/mol. The maximum absolute atomic E-state index is 12.3. The average Bonchev–Trinajstić information content (AvgIpc) is 3.03. The van der Waals surface area contributed by atoms with Crippen molar-refractivity contribution in [3.05, 3.63) is 53.6 Å². The van der Waals surface area contributed by atoms with Crippen LogP contribution < -0.4 is 5.32 Å². The lowest BCUT2D eigenvalue weighted by Crippen LogP contribution is -2.12. The van der Waals surface area contributed by atoms with Crippen molar-refractivity contribution in [2.45, 2.75) is 6.92 Å². The maximum Gasteiger partial charge on any atom is 0.338 e. The summed E-state index contributed by atoms with van der Waals surface area (Å²) in [6.45, 7) is 2.05. The van der Waals surface area contributed by atoms with E-state index in [1.807, 2.05) is 0 Å². The molecule has 3 rings (SSSR count). The van der Waals surface area contributed by atoms with Crippen LogP contribution in [0.1, 0.15) is 27.6 Å². The Morgan fingerprint density at radius 3 is 2.87 bits per heavy atom. The Bertz CT molecular complexity index is 876. The first kappa shape index (κ1) is 15.1. The van der Waals surface area contributed by atoms with Gasteiger partial charge in [0.15, 0.2) is 0 Å². The molecule has 2 aromatic carbocycles. The lowest BCUT2D eigenvalue weighted by Gasteiger charge is -2.07. The van der Waals surface area contributed by atoms with Gasteiger partial charge in [-0.1, -0.05) is 10.6 Å². The molecule has 1 amide bonds. The molecular formula is C16H13N3O3S. The zero-order valence-corrected chi connectivity index (χ0v) is 13.1. The van der Waals surface area contributed by atoms with Gasteiger partial charge in [0.05, 0.1) is 16.9 Å². The van der Waals surface area contributed by atoms with Gasteiger partial charge in [-0.05, 0) is 54.9 Å². The third-order valence-electron chi connectivity index (χ3n) is 3.14. The molecule has 0 bridgehead atoms. The van der Waals surface area contributed by atoms with Crippen LogP contribution in [0, 0.1) is 0 Å². The van der Waals surface area contributed by atoms with Crippen LogP contribution in [0.4, 0.5) is 5.69 Å². The summed E-state index contributed by atoms with van der Waals surface area (Å²) in [4.78, 5) is 24.0. The molecule has 0 aliphatic heterocycles. The molecule has 0 aliphatic carbocycles. The number of nitrogens with one attached hydrogen (secondary N) is 1. The Morgan fingerprint density at radius 2 is 2.04 bits per heavy atom. The largest absolute Gasteiger partial charge is 0.462 e. The Morgan fingerprint density at radius 1 is 1.17 bits per heavy atom. The highest BCUT2D eigenvalue weighted by atomic mass is 32.1. The number of benzene rings is 2. The minimum Gasteiger partial charge on any atom is -0.462 e. The number of amides is 1. The van der Waals surface area contributed by atoms with Crippen LogP contribution in [0.25, 0.3) is 10.2 Å². The van der Waals surface area contributed by atoms with Gasteiger partial charge in [0.25, 0.3) is 5.91 Å². The van der Waals surface area contributed by atoms with Crippen molar-refractivity contribution in [3.63, 3.8) is 0 Å². The molecule has 3 aromatic rings. The van der Waals surface area contributed by atoms with E-state index in [-0.39, 0.29) is 5.91 Å². The molecule has 6 nitrogen and oxygen atoms in total. The zero-order valence-electron chi connectivity index (χ0n) is 12.3. The first-order valence-electron chi connectivity index (χ1n) is 6.98. The van der Waals surface area contributed by atoms with Gasteiger partial charge in [-0.2, -0.15) is 0 Å². The van der Waals surface area contributed by atoms with E-state index in [1.54, 1.807) is 49.4 Å². The standard InChI is InChI=1S/C16H13N3O3S/c1-2-22-16(21)11-4-3-5-12(8-11)17-15(20)10-6-7-13-14(9-10)23-19-18-13/h3-9H,2H2,1H3,(H,17,20). The number of ether oxygens (including phenoxy) is 1. The number of hydrogen-bond donors (Lipinski definition) is 1. The minimum absolute atomic E-state index is 0.263. The van der Waals surface area contributed by atoms with Crippen molar-refractivity contribution in [2.75, 3.05) is 11.9 Å². The van der Waals surface area contributed by atoms with Crippen LogP contribution in [-0.2, 0) is 4.74 Å². The van der Waals surface area contributed by atoms with Crippen molar-refractivity contribution in [1.29, 1.82) is 0 Å². The van der Waals surface area contributed by atoms with Crippen molar-refractivity contribution >= 4 is 39.3 Å². The van der Waals surface area contributed by atoms with Gasteiger partial charge < -0.3 is 10.1 Å². The van der Waals surface area contributed by atoms with Crippen LogP contribution in [-0.4, -0.2) is 28.1 Å². The quantitative estimate of drug-likeness (QED) is 0.745. The molecule has 0 radical (unpaired) electrons. The second-order valence-electron chi connectivity index (χ2n) is 4.71. The molecule has 1 N–H and O–H groups in total. The highest BCUT2D eigenvalue weighted by Crippen LogP contribution is 2.18. The number of hydrogen-bond acceptors (Lipinski definition) is 6. The van der Waals surface area contributed by atoms with Crippen LogP contribution >= 0.6 is 11.5 Å². The highest BCUT2D eigenvalue weighted by Gasteiger charge is 2.11. The lowest BCUT2D eigenvalue weighted by atomic mass is 10.1. The average molecular weight is 327 g/mol. The van der Waals surface area contributed by atoms with Crippen molar-refractivity contribution in [1.82, 2.24) is 9.59 Å². The molecule has 116 valence electrons. The zero-order chi connectivity index (χ0) is 16.2. The van der Waals surface area contributed by atoms with Crippen LogP contribution in [0.15, 0.2) is 42.5 Å². The third-order valence-corrected chi connectivity index (χ3v) is 3.83. The summed E-state index contributed by atoms with van der Waals surface area (Å²) in [7, 11) is 0. The predicted octanol–water partition coefficient (Wildman–Crippen LogP) is 3.12. The number of rotatable bonds is 4. The summed E-state index contributed by atoms with van der Waals surface area (Å²) in [5.74, 6) is -0.679. The van der Waals surface area contributed by atoms with Crippen LogP contribution in [0.3, 0.4) is 0 Å². The molecule has 1 heterocycles. The van der Waals surface area contributed by atoms with Gasteiger partial charge in [0.2, 0.25) is 0 Å². The van der Waals surface area contributed by atoms with Crippen molar-refractivity contribution < 1.29 is 14.3 Å². The molecule has 0 unspecified atom stereocenters. The molecule has 0 spiro atoms. The number of anilines is 1. The number of aromatic nitrogens is 2. The highest BCUT2D eigenvalue weighted by molar-refractivity contribution is 7.12. The molecule has 1 aromatic heterocycles. The number of carbonyl (C=O) groups is 2. The van der Waals surface area contributed by atoms with E-state index in [9.17, 15) is 9.59 Å². The van der Waals surface area contributed by atoms with Crippen molar-refractivity contribution in [2.24, 2.45) is 0 Å². The van der Waals surface area contributed by atoms with Crippen LogP contribution in [0.5, 0.6) is 0 Å². The van der Waals surface area contributed by atoms with Crippen LogP contribution in [0.2, 0.25) is 0 Å². The smallest absolute Gasteiger partial charge is 0.338 e. The van der Waals surface area contributed by atoms with Gasteiger partial charge in [0, 0.05) is 11.3 Å². The fraction of sp³-hybridized carbons (Fsp3) is 0.125. The minimum atomic E-state index is -0.416. The topological polar surface area (TPSA) is 81.2 Å². The summed E-state index contributed by atoms with van der Waals surface area (Å²) < 4.78 is 9.64. The summed E-state index contributed by atoms with van der Waals surface area (Å²) in [6, 6.07) is 11.8. The summed E-state index contributed by atoms with van der Waals surface area (Å²) >= 11 is 1.23. The SMILES string of the molecule is CCOC(=O)c1cccc(NC(=O)c2ccc3nnsc3c2)c1. The Labute approximate surface area is 136 Å². The summed E-state index contributed by atoms with van der Waals surface area (Å²) in [5, 5.41) is 6.71. The van der Waals surface area contributed by atoms with Gasteiger partial charge in [-0.3, -0.25) is 4.79 Å². The van der Waals surface area contributed by atoms with Gasteiger partial charge in [0.1, 0.15) is 5.52 Å². The van der Waals surface area contributed by atoms with E-state index >= 15 is 0 Å². The van der Waals surface area contributed by atoms with Gasteiger partial charge >= 0.3 is 5.97 Å². The summed E-state index contributed by atoms with van der Waals surface area (Å²) in [6.07, 6.45) is 0. The van der Waals surface area contributed by atoms with E-state index in [0.29, 0.717) is 23.4 Å². The Kier molecular flexibility index (Phi) is 4.29. The molecule has 0 saturated heterocycles. The van der Waals surface area contributed by atoms with Crippen molar-refractivity contribution in [3.8, 4) is 0 Å². The molecule has 23 heavy (non-hydrogen) atoms. The molecule has 7 heteroatoms. The van der Waals surface area contributed by atoms with Gasteiger partial charge in [-0.25, -0.2) is 4.79 Å². The first-order chi connectivity index (χ1) is 11.2. The second-order valence-corrected chi connectivity index (χ2v) is 5.50. The molecule has 0 atom stereocenters. The molecule has 0 saturated carbocycles. The predicted molar refractivity (Wildman–Crippen MR) is 87.8 cm³/mol. The maximum atomic E-state index is 12.3.